The molecule has 0 unspecified atom stereocenters. The number of halogens is 4. The predicted octanol–water partition coefficient (Wildman–Crippen LogP) is 3.53. The van der Waals surface area contributed by atoms with Gasteiger partial charge in [-0.15, -0.1) is 24.0 Å². The highest BCUT2D eigenvalue weighted by molar-refractivity contribution is 14.0. The number of carbonyl (C=O) groups excluding carboxylic acids is 1. The molecule has 0 saturated heterocycles. The lowest BCUT2D eigenvalue weighted by atomic mass is 10.1. The summed E-state index contributed by atoms with van der Waals surface area (Å²) in [6, 6.07) is 1.69. The number of nitrogens with zero attached hydrogens (tertiary/aromatic N) is 2. The molecule has 0 spiro atoms. The summed E-state index contributed by atoms with van der Waals surface area (Å²) >= 11 is 0. The lowest BCUT2D eigenvalue weighted by Crippen LogP contribution is -2.41. The van der Waals surface area contributed by atoms with E-state index in [9.17, 15) is 18.0 Å². The van der Waals surface area contributed by atoms with Crippen LogP contribution in [0.2, 0.25) is 0 Å². The Morgan fingerprint density at radius 1 is 1.10 bits per heavy atom. The molecule has 0 atom stereocenters. The molecule has 166 valence electrons. The highest BCUT2D eigenvalue weighted by Crippen LogP contribution is 2.19. The fraction of sp³-hybridized carbons (Fsp3) is 0.421. The number of carbonyl (C=O) groups is 1. The second kappa shape index (κ2) is 12.4. The van der Waals surface area contributed by atoms with Gasteiger partial charge >= 0.3 is 0 Å². The molecular weight excluding hydrogens is 514 g/mol. The van der Waals surface area contributed by atoms with E-state index in [2.05, 4.69) is 26.1 Å². The van der Waals surface area contributed by atoms with E-state index < -0.39 is 29.0 Å². The van der Waals surface area contributed by atoms with Gasteiger partial charge in [-0.05, 0) is 25.5 Å². The van der Waals surface area contributed by atoms with Crippen molar-refractivity contribution in [3.8, 4) is 0 Å². The summed E-state index contributed by atoms with van der Waals surface area (Å²) < 4.78 is 45.2. The predicted molar refractivity (Wildman–Crippen MR) is 118 cm³/mol. The van der Waals surface area contributed by atoms with Crippen LogP contribution in [-0.2, 0) is 24.2 Å². The number of anilines is 1. The normalized spacial score (nSPS) is 11.1. The van der Waals surface area contributed by atoms with Crippen molar-refractivity contribution in [2.75, 3.05) is 18.4 Å². The Morgan fingerprint density at radius 3 is 2.47 bits per heavy atom. The van der Waals surface area contributed by atoms with Gasteiger partial charge in [0, 0.05) is 18.5 Å². The standard InChI is InChI=1S/C19H24F3N5O2.HI/c1-4-13-11(15(5-2)29-27-13)9-24-19(23-6-3)25-10-16(28)26-14-8-7-12(20)17(21)18(14)22;/h7-8H,4-6,9-10H2,1-3H3,(H,26,28)(H2,23,24,25);1H. The van der Waals surface area contributed by atoms with Crippen LogP contribution < -0.4 is 16.0 Å². The van der Waals surface area contributed by atoms with Crippen LogP contribution in [0.1, 0.15) is 37.8 Å². The third-order valence-corrected chi connectivity index (χ3v) is 4.07. The molecule has 1 heterocycles. The van der Waals surface area contributed by atoms with E-state index in [1.54, 1.807) is 0 Å². The summed E-state index contributed by atoms with van der Waals surface area (Å²) in [7, 11) is 0. The highest BCUT2D eigenvalue weighted by Gasteiger charge is 2.16. The second-order valence-corrected chi connectivity index (χ2v) is 6.06. The molecule has 3 N–H and O–H groups in total. The van der Waals surface area contributed by atoms with Gasteiger partial charge in [-0.2, -0.15) is 0 Å². The van der Waals surface area contributed by atoms with Crippen molar-refractivity contribution in [1.29, 1.82) is 0 Å². The molecule has 1 aromatic heterocycles. The van der Waals surface area contributed by atoms with Gasteiger partial charge in [-0.25, -0.2) is 18.2 Å². The molecule has 11 heteroatoms. The first-order chi connectivity index (χ1) is 13.9. The van der Waals surface area contributed by atoms with E-state index in [1.165, 1.54) is 0 Å². The first kappa shape index (κ1) is 25.7. The quantitative estimate of drug-likeness (QED) is 0.207. The van der Waals surface area contributed by atoms with Gasteiger partial charge < -0.3 is 20.5 Å². The lowest BCUT2D eigenvalue weighted by Gasteiger charge is -2.12. The highest BCUT2D eigenvalue weighted by atomic mass is 127. The summed E-state index contributed by atoms with van der Waals surface area (Å²) in [6.45, 7) is 6.40. The summed E-state index contributed by atoms with van der Waals surface area (Å²) in [5, 5.41) is 12.0. The van der Waals surface area contributed by atoms with E-state index in [0.29, 0.717) is 31.9 Å². The van der Waals surface area contributed by atoms with Gasteiger partial charge in [0.05, 0.1) is 24.5 Å². The fourth-order valence-electron chi connectivity index (χ4n) is 2.60. The molecule has 1 aromatic carbocycles. The van der Waals surface area contributed by atoms with Crippen LogP contribution in [0.15, 0.2) is 21.6 Å². The average Bonchev–Trinajstić information content (AvgIpc) is 3.12. The third-order valence-electron chi connectivity index (χ3n) is 4.07. The molecule has 2 rings (SSSR count). The zero-order valence-corrected chi connectivity index (χ0v) is 19.3. The van der Waals surface area contributed by atoms with Crippen molar-refractivity contribution in [3.05, 3.63) is 46.6 Å². The molecule has 30 heavy (non-hydrogen) atoms. The van der Waals surface area contributed by atoms with Crippen LogP contribution in [0.4, 0.5) is 18.9 Å². The lowest BCUT2D eigenvalue weighted by molar-refractivity contribution is -0.115. The first-order valence-electron chi connectivity index (χ1n) is 9.32. The van der Waals surface area contributed by atoms with Crippen molar-refractivity contribution >= 4 is 41.5 Å². The van der Waals surface area contributed by atoms with Gasteiger partial charge in [0.15, 0.2) is 23.4 Å². The number of aliphatic imine (C=N–C) groups is 1. The van der Waals surface area contributed by atoms with Gasteiger partial charge in [0.1, 0.15) is 5.76 Å². The van der Waals surface area contributed by atoms with Gasteiger partial charge in [-0.3, -0.25) is 4.79 Å². The Bertz CT molecular complexity index is 868. The Hall–Kier alpha value is -2.31. The molecule has 0 radical (unpaired) electrons. The number of hydrogen-bond acceptors (Lipinski definition) is 4. The van der Waals surface area contributed by atoms with Crippen molar-refractivity contribution in [2.24, 2.45) is 4.99 Å². The average molecular weight is 539 g/mol. The zero-order chi connectivity index (χ0) is 21.4. The zero-order valence-electron chi connectivity index (χ0n) is 16.9. The molecule has 0 saturated carbocycles. The minimum Gasteiger partial charge on any atom is -0.361 e. The number of hydrogen-bond donors (Lipinski definition) is 3. The van der Waals surface area contributed by atoms with Crippen molar-refractivity contribution in [3.63, 3.8) is 0 Å². The van der Waals surface area contributed by atoms with Crippen molar-refractivity contribution in [2.45, 2.75) is 40.2 Å². The van der Waals surface area contributed by atoms with E-state index in [1.807, 2.05) is 20.8 Å². The minimum absolute atomic E-state index is 0. The molecule has 0 bridgehead atoms. The molecule has 1 amide bonds. The number of rotatable bonds is 8. The number of aryl methyl sites for hydroxylation is 2. The minimum atomic E-state index is -1.64. The van der Waals surface area contributed by atoms with Crippen molar-refractivity contribution in [1.82, 2.24) is 15.8 Å². The molecular formula is C19H25F3IN5O2. The Labute approximate surface area is 189 Å². The van der Waals surface area contributed by atoms with E-state index in [4.69, 9.17) is 4.52 Å². The van der Waals surface area contributed by atoms with Crippen LogP contribution >= 0.6 is 24.0 Å². The molecule has 0 aliphatic rings. The smallest absolute Gasteiger partial charge is 0.243 e. The van der Waals surface area contributed by atoms with E-state index >= 15 is 0 Å². The first-order valence-corrected chi connectivity index (χ1v) is 9.32. The maximum atomic E-state index is 13.7. The van der Waals surface area contributed by atoms with Crippen molar-refractivity contribution < 1.29 is 22.5 Å². The number of amides is 1. The monoisotopic (exact) mass is 539 g/mol. The number of guanidine groups is 1. The molecule has 7 nitrogen and oxygen atoms in total. The van der Waals surface area contributed by atoms with E-state index in [-0.39, 0.29) is 30.5 Å². The number of aromatic nitrogens is 1. The number of benzene rings is 1. The summed E-state index contributed by atoms with van der Waals surface area (Å²) in [4.78, 5) is 16.5. The Morgan fingerprint density at radius 2 is 1.83 bits per heavy atom. The van der Waals surface area contributed by atoms with Crippen LogP contribution in [0.3, 0.4) is 0 Å². The fourth-order valence-corrected chi connectivity index (χ4v) is 2.60. The summed E-state index contributed by atoms with van der Waals surface area (Å²) in [5.74, 6) is -3.95. The Balaban J connectivity index is 0.00000450. The molecule has 0 aliphatic carbocycles. The van der Waals surface area contributed by atoms with Crippen LogP contribution in [0.5, 0.6) is 0 Å². The largest absolute Gasteiger partial charge is 0.361 e. The number of nitrogens with one attached hydrogen (secondary N) is 3. The maximum Gasteiger partial charge on any atom is 0.243 e. The van der Waals surface area contributed by atoms with Crippen LogP contribution in [-0.4, -0.2) is 30.1 Å². The molecule has 0 aliphatic heterocycles. The van der Waals surface area contributed by atoms with Gasteiger partial charge in [0.2, 0.25) is 5.91 Å². The Kier molecular flexibility index (Phi) is 10.6. The van der Waals surface area contributed by atoms with Gasteiger partial charge in [0.25, 0.3) is 0 Å². The second-order valence-electron chi connectivity index (χ2n) is 6.06. The topological polar surface area (TPSA) is 91.6 Å². The van der Waals surface area contributed by atoms with Gasteiger partial charge in [-0.1, -0.05) is 19.0 Å². The third kappa shape index (κ3) is 6.61. The summed E-state index contributed by atoms with van der Waals surface area (Å²) in [6.07, 6.45) is 1.39. The molecule has 2 aromatic rings. The SMILES string of the molecule is CCNC(=NCc1c(CC)noc1CC)NCC(=O)Nc1ccc(F)c(F)c1F.I. The summed E-state index contributed by atoms with van der Waals surface area (Å²) in [5.41, 5.74) is 1.29. The van der Waals surface area contributed by atoms with Crippen LogP contribution in [0, 0.1) is 17.5 Å². The molecule has 0 fully saturated rings. The van der Waals surface area contributed by atoms with Crippen LogP contribution in [0.25, 0.3) is 0 Å². The van der Waals surface area contributed by atoms with E-state index in [0.717, 1.165) is 29.2 Å². The maximum absolute atomic E-state index is 13.7.